The fraction of sp³-hybridized carbons (Fsp3) is 0.353. The quantitative estimate of drug-likeness (QED) is 0.742. The fourth-order valence-corrected chi connectivity index (χ4v) is 4.32. The molecular weight excluding hydrogens is 338 g/mol. The highest BCUT2D eigenvalue weighted by Gasteiger charge is 2.23. The minimum absolute atomic E-state index is 0.458. The van der Waals surface area contributed by atoms with Gasteiger partial charge in [-0.05, 0) is 38.2 Å². The van der Waals surface area contributed by atoms with Gasteiger partial charge in [-0.1, -0.05) is 0 Å². The largest absolute Gasteiger partial charge is 0.480 e. The number of nitrogens with one attached hydrogen (secondary N) is 1. The molecule has 0 bridgehead atoms. The van der Waals surface area contributed by atoms with Crippen molar-refractivity contribution in [2.75, 3.05) is 5.32 Å². The molecule has 0 saturated carbocycles. The fourth-order valence-electron chi connectivity index (χ4n) is 3.06. The van der Waals surface area contributed by atoms with Crippen molar-refractivity contribution in [1.29, 1.82) is 0 Å². The van der Waals surface area contributed by atoms with Crippen molar-refractivity contribution >= 4 is 33.3 Å². The van der Waals surface area contributed by atoms with Crippen LogP contribution in [-0.2, 0) is 17.6 Å². The molecule has 3 aromatic rings. The van der Waals surface area contributed by atoms with E-state index < -0.39 is 12.0 Å². The number of aryl methyl sites for hydroxylation is 2. The Morgan fingerprint density at radius 1 is 1.28 bits per heavy atom. The van der Waals surface area contributed by atoms with Crippen molar-refractivity contribution in [1.82, 2.24) is 19.9 Å². The molecule has 128 valence electrons. The number of hydrogen-bond donors (Lipinski definition) is 2. The van der Waals surface area contributed by atoms with Crippen molar-refractivity contribution in [3.8, 4) is 11.5 Å². The SMILES string of the molecule is C[C@@H](Nc1nc(-c2cnccn2)nc2sc3c(c12)CCCC3)C(=O)O. The second-order valence-electron chi connectivity index (χ2n) is 6.08. The molecule has 3 aromatic heterocycles. The molecular formula is C17H17N5O2S. The lowest BCUT2D eigenvalue weighted by Crippen LogP contribution is -2.26. The molecule has 1 aliphatic rings. The Balaban J connectivity index is 1.91. The number of fused-ring (bicyclic) bond motifs is 3. The third-order valence-electron chi connectivity index (χ3n) is 4.33. The topological polar surface area (TPSA) is 101 Å². The zero-order valence-electron chi connectivity index (χ0n) is 13.7. The minimum Gasteiger partial charge on any atom is -0.480 e. The van der Waals surface area contributed by atoms with Crippen LogP contribution in [0.5, 0.6) is 0 Å². The molecule has 4 rings (SSSR count). The Morgan fingerprint density at radius 2 is 2.12 bits per heavy atom. The first-order chi connectivity index (χ1) is 12.1. The average molecular weight is 355 g/mol. The number of thiophene rings is 1. The van der Waals surface area contributed by atoms with Crippen LogP contribution in [0, 0.1) is 0 Å². The van der Waals surface area contributed by atoms with Gasteiger partial charge in [0.05, 0.1) is 11.6 Å². The van der Waals surface area contributed by atoms with Gasteiger partial charge in [-0.2, -0.15) is 0 Å². The lowest BCUT2D eigenvalue weighted by atomic mass is 9.97. The van der Waals surface area contributed by atoms with E-state index >= 15 is 0 Å². The van der Waals surface area contributed by atoms with Gasteiger partial charge < -0.3 is 10.4 Å². The number of rotatable bonds is 4. The lowest BCUT2D eigenvalue weighted by molar-refractivity contribution is -0.137. The number of carboxylic acids is 1. The summed E-state index contributed by atoms with van der Waals surface area (Å²) in [6.45, 7) is 1.61. The van der Waals surface area contributed by atoms with E-state index in [-0.39, 0.29) is 0 Å². The molecule has 3 heterocycles. The van der Waals surface area contributed by atoms with Crippen molar-refractivity contribution in [2.45, 2.75) is 38.6 Å². The smallest absolute Gasteiger partial charge is 0.325 e. The third kappa shape index (κ3) is 2.93. The summed E-state index contributed by atoms with van der Waals surface area (Å²) < 4.78 is 0. The first-order valence-electron chi connectivity index (χ1n) is 8.21. The van der Waals surface area contributed by atoms with Crippen molar-refractivity contribution < 1.29 is 9.90 Å². The molecule has 25 heavy (non-hydrogen) atoms. The van der Waals surface area contributed by atoms with E-state index in [0.717, 1.165) is 29.5 Å². The standard InChI is InChI=1S/C17H17N5O2S/c1-9(17(23)24)20-15-13-10-4-2-3-5-12(10)25-16(13)22-14(21-15)11-8-18-6-7-19-11/h6-9H,2-5H2,1H3,(H,23,24)(H,20,21,22)/t9-/m1/s1. The summed E-state index contributed by atoms with van der Waals surface area (Å²) in [5.41, 5.74) is 1.83. The minimum atomic E-state index is -0.920. The number of hydrogen-bond acceptors (Lipinski definition) is 7. The van der Waals surface area contributed by atoms with Crippen LogP contribution in [-0.4, -0.2) is 37.1 Å². The molecule has 2 N–H and O–H groups in total. The first kappa shape index (κ1) is 15.9. The highest BCUT2D eigenvalue weighted by molar-refractivity contribution is 7.19. The number of nitrogens with zero attached hydrogens (tertiary/aromatic N) is 4. The summed E-state index contributed by atoms with van der Waals surface area (Å²) in [5, 5.41) is 13.3. The van der Waals surface area contributed by atoms with Crippen molar-refractivity contribution in [3.05, 3.63) is 29.0 Å². The molecule has 8 heteroatoms. The summed E-state index contributed by atoms with van der Waals surface area (Å²) >= 11 is 1.67. The van der Waals surface area contributed by atoms with Crippen LogP contribution in [0.25, 0.3) is 21.7 Å². The first-order valence-corrected chi connectivity index (χ1v) is 9.03. The van der Waals surface area contributed by atoms with Crippen LogP contribution in [0.15, 0.2) is 18.6 Å². The van der Waals surface area contributed by atoms with E-state index in [1.165, 1.54) is 16.9 Å². The van der Waals surface area contributed by atoms with Gasteiger partial charge in [0.25, 0.3) is 0 Å². The Morgan fingerprint density at radius 3 is 2.88 bits per heavy atom. The third-order valence-corrected chi connectivity index (χ3v) is 5.52. The molecule has 0 aliphatic heterocycles. The Labute approximate surface area is 148 Å². The maximum atomic E-state index is 11.3. The summed E-state index contributed by atoms with van der Waals surface area (Å²) in [6, 6.07) is -0.744. The van der Waals surface area contributed by atoms with Gasteiger partial charge in [0.15, 0.2) is 5.82 Å². The van der Waals surface area contributed by atoms with Crippen LogP contribution in [0.2, 0.25) is 0 Å². The lowest BCUT2D eigenvalue weighted by Gasteiger charge is -2.15. The van der Waals surface area contributed by atoms with Gasteiger partial charge in [-0.15, -0.1) is 11.3 Å². The molecule has 0 fully saturated rings. The molecule has 7 nitrogen and oxygen atoms in total. The highest BCUT2D eigenvalue weighted by atomic mass is 32.1. The second kappa shape index (κ2) is 6.36. The molecule has 0 aromatic carbocycles. The highest BCUT2D eigenvalue weighted by Crippen LogP contribution is 2.39. The summed E-state index contributed by atoms with van der Waals surface area (Å²) in [5.74, 6) is 0.108. The monoisotopic (exact) mass is 355 g/mol. The van der Waals surface area contributed by atoms with Gasteiger partial charge in [0.2, 0.25) is 0 Å². The zero-order valence-corrected chi connectivity index (χ0v) is 14.5. The number of aromatic nitrogens is 4. The van der Waals surface area contributed by atoms with Crippen LogP contribution < -0.4 is 5.32 Å². The zero-order chi connectivity index (χ0) is 17.4. The van der Waals surface area contributed by atoms with Crippen LogP contribution >= 0.6 is 11.3 Å². The predicted molar refractivity (Wildman–Crippen MR) is 95.8 cm³/mol. The van der Waals surface area contributed by atoms with Gasteiger partial charge in [-0.3, -0.25) is 9.78 Å². The summed E-state index contributed by atoms with van der Waals surface area (Å²) in [4.78, 5) is 31.1. The van der Waals surface area contributed by atoms with E-state index in [0.29, 0.717) is 17.3 Å². The number of carbonyl (C=O) groups is 1. The predicted octanol–water partition coefficient (Wildman–Crippen LogP) is 2.91. The molecule has 0 saturated heterocycles. The second-order valence-corrected chi connectivity index (χ2v) is 7.17. The molecule has 0 spiro atoms. The summed E-state index contributed by atoms with van der Waals surface area (Å²) in [6.07, 6.45) is 9.15. The molecule has 1 atom stereocenters. The number of anilines is 1. The molecule has 0 amide bonds. The molecule has 0 unspecified atom stereocenters. The van der Waals surface area contributed by atoms with Crippen LogP contribution in [0.3, 0.4) is 0 Å². The van der Waals surface area contributed by atoms with Gasteiger partial charge in [0.1, 0.15) is 22.4 Å². The number of carboxylic acid groups (broad SMARTS) is 1. The normalized spacial score (nSPS) is 14.9. The van der Waals surface area contributed by atoms with E-state index in [1.807, 2.05) is 0 Å². The van der Waals surface area contributed by atoms with Gasteiger partial charge in [0, 0.05) is 17.3 Å². The van der Waals surface area contributed by atoms with Crippen molar-refractivity contribution in [2.24, 2.45) is 0 Å². The van der Waals surface area contributed by atoms with E-state index in [9.17, 15) is 9.90 Å². The number of aliphatic carboxylic acids is 1. The Bertz CT molecular complexity index is 941. The summed E-state index contributed by atoms with van der Waals surface area (Å²) in [7, 11) is 0. The van der Waals surface area contributed by atoms with E-state index in [2.05, 4.69) is 25.3 Å². The molecule has 1 aliphatic carbocycles. The maximum Gasteiger partial charge on any atom is 0.325 e. The Kier molecular flexibility index (Phi) is 4.04. The van der Waals surface area contributed by atoms with E-state index in [1.54, 1.807) is 36.9 Å². The van der Waals surface area contributed by atoms with Crippen LogP contribution in [0.1, 0.15) is 30.2 Å². The van der Waals surface area contributed by atoms with E-state index in [4.69, 9.17) is 0 Å². The maximum absolute atomic E-state index is 11.3. The van der Waals surface area contributed by atoms with Crippen molar-refractivity contribution in [3.63, 3.8) is 0 Å². The Hall–Kier alpha value is -2.61. The van der Waals surface area contributed by atoms with Gasteiger partial charge in [-0.25, -0.2) is 15.0 Å². The van der Waals surface area contributed by atoms with Crippen LogP contribution in [0.4, 0.5) is 5.82 Å². The molecule has 0 radical (unpaired) electrons. The average Bonchev–Trinajstić information content (AvgIpc) is 3.01. The van der Waals surface area contributed by atoms with Gasteiger partial charge >= 0.3 is 5.97 Å².